The van der Waals surface area contributed by atoms with Gasteiger partial charge in [-0.05, 0) is 67.1 Å². The van der Waals surface area contributed by atoms with Gasteiger partial charge in [0.25, 0.3) is 10.1 Å². The molecule has 53 heavy (non-hydrogen) atoms. The quantitative estimate of drug-likeness (QED) is 0.0463. The van der Waals surface area contributed by atoms with Crippen LogP contribution in [0.3, 0.4) is 0 Å². The predicted molar refractivity (Wildman–Crippen MR) is 192 cm³/mol. The molecule has 2 aliphatic rings. The summed E-state index contributed by atoms with van der Waals surface area (Å²) in [6.07, 6.45) is 0. The number of H-pyrrole nitrogens is 2. The summed E-state index contributed by atoms with van der Waals surface area (Å²) in [6.45, 7) is 1.93. The van der Waals surface area contributed by atoms with Crippen molar-refractivity contribution in [3.8, 4) is 45.6 Å². The summed E-state index contributed by atoms with van der Waals surface area (Å²) < 4.78 is 43.7. The van der Waals surface area contributed by atoms with Crippen LogP contribution < -0.4 is 0 Å². The fourth-order valence-electron chi connectivity index (χ4n) is 6.33. The Balaban J connectivity index is 1.43. The van der Waals surface area contributed by atoms with Crippen LogP contribution in [0.25, 0.3) is 89.7 Å². The second kappa shape index (κ2) is 12.9. The molecule has 8 bridgehead atoms. The van der Waals surface area contributed by atoms with E-state index in [1.165, 1.54) is 18.2 Å². The van der Waals surface area contributed by atoms with Gasteiger partial charge in [0.15, 0.2) is 23.3 Å². The van der Waals surface area contributed by atoms with Gasteiger partial charge in [-0.1, -0.05) is 28.3 Å². The fraction of sp³-hybridized carbons (Fsp3) is 0.0303. The maximum atomic E-state index is 12.2. The number of nitrogens with zero attached hydrogens (tertiary/aromatic N) is 6. The number of aromatic nitrogens is 8. The Morgan fingerprint density at radius 2 is 1.13 bits per heavy atom. The molecule has 0 atom stereocenters. The van der Waals surface area contributed by atoms with Gasteiger partial charge in [0.2, 0.25) is 0 Å². The van der Waals surface area contributed by atoms with Crippen LogP contribution in [0, 0.1) is 6.92 Å². The molecule has 0 spiro atoms. The fourth-order valence-corrected chi connectivity index (χ4v) is 7.63. The normalized spacial score (nSPS) is 12.4. The van der Waals surface area contributed by atoms with Crippen LogP contribution in [-0.2, 0) is 28.9 Å². The number of hydrogen-bond acceptors (Lipinski definition) is 16. The molecule has 0 saturated carbocycles. The van der Waals surface area contributed by atoms with E-state index in [0.717, 1.165) is 40.4 Å². The van der Waals surface area contributed by atoms with Gasteiger partial charge in [-0.15, -0.1) is 8.67 Å². The molecule has 4 aromatic carbocycles. The van der Waals surface area contributed by atoms with E-state index in [1.807, 2.05) is 25.1 Å². The molecule has 0 unspecified atom stereocenters. The predicted octanol–water partition coefficient (Wildman–Crippen LogP) is 7.28. The van der Waals surface area contributed by atoms with Gasteiger partial charge >= 0.3 is 0 Å². The molecule has 17 nitrogen and oxygen atoms in total. The van der Waals surface area contributed by atoms with E-state index in [2.05, 4.69) is 28.7 Å². The molecule has 9 rings (SSSR count). The monoisotopic (exact) mass is 768 g/mol. The maximum absolute atomic E-state index is 12.2. The number of benzene rings is 4. The summed E-state index contributed by atoms with van der Waals surface area (Å²) >= 11 is 1.54. The van der Waals surface area contributed by atoms with Crippen molar-refractivity contribution in [2.24, 2.45) is 0 Å². The molecule has 2 aliphatic heterocycles. The van der Waals surface area contributed by atoms with Crippen LogP contribution in [0.5, 0.6) is 0 Å². The Morgan fingerprint density at radius 3 is 1.81 bits per heavy atom. The number of nitrogens with one attached hydrogen (secondary N) is 2. The molecular formula is C33H20N8O9S3. The molecule has 0 aliphatic carbocycles. The Bertz CT molecular complexity index is 2960. The van der Waals surface area contributed by atoms with Crippen molar-refractivity contribution in [1.29, 1.82) is 0 Å². The first-order valence-electron chi connectivity index (χ1n) is 15.3. The Kier molecular flexibility index (Phi) is 8.16. The highest BCUT2D eigenvalue weighted by Gasteiger charge is 2.25. The molecule has 7 aromatic rings. The minimum absolute atomic E-state index is 0.137. The number of fused-ring (bicyclic) bond motifs is 20. The summed E-state index contributed by atoms with van der Waals surface area (Å²) in [5, 5.41) is 27.8. The van der Waals surface area contributed by atoms with E-state index >= 15 is 0 Å². The summed E-state index contributed by atoms with van der Waals surface area (Å²) in [4.78, 5) is 36.7. The topological polar surface area (TPSA) is 241 Å². The highest BCUT2D eigenvalue weighted by Crippen LogP contribution is 2.40. The van der Waals surface area contributed by atoms with Gasteiger partial charge < -0.3 is 9.97 Å². The molecule has 5 N–H and O–H groups in total. The van der Waals surface area contributed by atoms with Crippen molar-refractivity contribution in [3.05, 3.63) is 78.4 Å². The lowest BCUT2D eigenvalue weighted by Crippen LogP contribution is -1.98. The van der Waals surface area contributed by atoms with Crippen molar-refractivity contribution >= 4 is 78.3 Å². The van der Waals surface area contributed by atoms with Crippen LogP contribution in [0.1, 0.15) is 5.56 Å². The molecule has 0 radical (unpaired) electrons. The Hall–Kier alpha value is -5.39. The zero-order chi connectivity index (χ0) is 36.4. The number of rotatable bonds is 7. The number of aryl methyl sites for hydroxylation is 1. The molecular weight excluding hydrogens is 749 g/mol. The first kappa shape index (κ1) is 33.4. The van der Waals surface area contributed by atoms with Gasteiger partial charge in [0.05, 0.1) is 29.0 Å². The van der Waals surface area contributed by atoms with Gasteiger partial charge in [-0.2, -0.15) is 8.42 Å². The second-order valence-corrected chi connectivity index (χ2v) is 14.6. The number of aromatic amines is 2. The highest BCUT2D eigenvalue weighted by atomic mass is 32.2. The average Bonchev–Trinajstić information content (AvgIpc) is 3.88. The SMILES string of the molecule is Cc1cccc2c3nc4nc(nc5[nH]c(nc6nc(nc([nH]3)c12)-c1cc(S(=O)(=O)O)ccc1-6)c1cc(SOOO)ccc51)-c1cc(SOOO)ccc1-4. The lowest BCUT2D eigenvalue weighted by molar-refractivity contribution is -0.432. The molecule has 5 heterocycles. The van der Waals surface area contributed by atoms with Crippen molar-refractivity contribution < 1.29 is 42.2 Å². The lowest BCUT2D eigenvalue weighted by atomic mass is 10.1. The van der Waals surface area contributed by atoms with Crippen LogP contribution in [0.2, 0.25) is 0 Å². The van der Waals surface area contributed by atoms with Crippen molar-refractivity contribution in [2.45, 2.75) is 21.6 Å². The van der Waals surface area contributed by atoms with Crippen molar-refractivity contribution in [1.82, 2.24) is 39.9 Å². The van der Waals surface area contributed by atoms with Crippen molar-refractivity contribution in [2.75, 3.05) is 0 Å². The van der Waals surface area contributed by atoms with E-state index in [4.69, 9.17) is 40.4 Å². The summed E-state index contributed by atoms with van der Waals surface area (Å²) in [6, 6.07) is 20.3. The van der Waals surface area contributed by atoms with Gasteiger partial charge in [0, 0.05) is 53.6 Å². The third kappa shape index (κ3) is 5.88. The third-order valence-corrected chi connectivity index (χ3v) is 10.6. The molecule has 0 amide bonds. The molecule has 0 fully saturated rings. The zero-order valence-electron chi connectivity index (χ0n) is 26.6. The lowest BCUT2D eigenvalue weighted by Gasteiger charge is -2.02. The Labute approximate surface area is 304 Å². The van der Waals surface area contributed by atoms with E-state index in [1.54, 1.807) is 36.4 Å². The summed E-state index contributed by atoms with van der Waals surface area (Å²) in [5.41, 5.74) is 4.46. The first-order valence-corrected chi connectivity index (χ1v) is 18.2. The van der Waals surface area contributed by atoms with Crippen LogP contribution in [0.15, 0.2) is 87.5 Å². The standard InChI is InChI=1S/C33H20N8O9S3/c1-14-3-2-4-21-25(14)33-40-29(21)34-26-18-8-5-15(51-49-47-42)11-22(18)30(35-26)36-27-19-9-6-16(52-50-48-43)12-23(19)31(37-27)38-28-20-10-7-17(53(44,45)46)13-24(20)32(39-28)41-33/h2-13,42-43H,1H3,(H,44,45,46)(H2,34,35,36,37,38,39,40,41). The maximum Gasteiger partial charge on any atom is 0.294 e. The van der Waals surface area contributed by atoms with E-state index in [0.29, 0.717) is 77.1 Å². The summed E-state index contributed by atoms with van der Waals surface area (Å²) in [5.74, 6) is 0.978. The molecule has 0 saturated heterocycles. The smallest absolute Gasteiger partial charge is 0.294 e. The van der Waals surface area contributed by atoms with Crippen LogP contribution >= 0.6 is 24.1 Å². The minimum Gasteiger partial charge on any atom is -0.324 e. The minimum atomic E-state index is -4.57. The average molecular weight is 769 g/mol. The van der Waals surface area contributed by atoms with Gasteiger partial charge in [-0.25, -0.2) is 40.4 Å². The van der Waals surface area contributed by atoms with Crippen molar-refractivity contribution in [3.63, 3.8) is 0 Å². The highest BCUT2D eigenvalue weighted by molar-refractivity contribution is 7.94. The van der Waals surface area contributed by atoms with E-state index in [-0.39, 0.29) is 16.5 Å². The molecule has 20 heteroatoms. The van der Waals surface area contributed by atoms with Crippen LogP contribution in [0.4, 0.5) is 0 Å². The second-order valence-electron chi connectivity index (χ2n) is 11.7. The summed E-state index contributed by atoms with van der Waals surface area (Å²) in [7, 11) is -4.57. The largest absolute Gasteiger partial charge is 0.324 e. The van der Waals surface area contributed by atoms with Gasteiger partial charge in [-0.3, -0.25) is 4.55 Å². The number of hydrogen-bond donors (Lipinski definition) is 5. The first-order chi connectivity index (χ1) is 25.7. The van der Waals surface area contributed by atoms with Crippen LogP contribution in [-0.4, -0.2) is 63.4 Å². The van der Waals surface area contributed by atoms with E-state index < -0.39 is 10.1 Å². The van der Waals surface area contributed by atoms with E-state index in [9.17, 15) is 13.0 Å². The third-order valence-electron chi connectivity index (χ3n) is 8.60. The van der Waals surface area contributed by atoms with Gasteiger partial charge in [0.1, 0.15) is 22.6 Å². The molecule has 3 aromatic heterocycles. The molecule has 264 valence electrons. The zero-order valence-corrected chi connectivity index (χ0v) is 29.1. The Morgan fingerprint density at radius 1 is 0.585 bits per heavy atom.